The third-order valence-corrected chi connectivity index (χ3v) is 3.37. The van der Waals surface area contributed by atoms with E-state index in [9.17, 15) is 9.59 Å². The van der Waals surface area contributed by atoms with Gasteiger partial charge in [-0.2, -0.15) is 0 Å². The molecule has 0 saturated carbocycles. The maximum Gasteiger partial charge on any atom is 0.316 e. The SMILES string of the molecule is CCOC(=O)C(Cc1cccc2ccccc12)C(C)=O. The molecule has 0 amide bonds. The van der Waals surface area contributed by atoms with Crippen LogP contribution in [0.25, 0.3) is 10.8 Å². The summed E-state index contributed by atoms with van der Waals surface area (Å²) < 4.78 is 4.99. The standard InChI is InChI=1S/C17H18O3/c1-3-20-17(19)16(12(2)18)11-14-9-6-8-13-7-4-5-10-15(13)14/h4-10,16H,3,11H2,1-2H3. The molecule has 104 valence electrons. The number of carbonyl (C=O) groups excluding carboxylic acids is 2. The van der Waals surface area contributed by atoms with Crippen LogP contribution in [0.15, 0.2) is 42.5 Å². The third kappa shape index (κ3) is 3.05. The van der Waals surface area contributed by atoms with Gasteiger partial charge in [-0.05, 0) is 36.6 Å². The predicted octanol–water partition coefficient (Wildman–Crippen LogP) is 3.15. The van der Waals surface area contributed by atoms with Crippen molar-refractivity contribution in [2.75, 3.05) is 6.61 Å². The molecule has 3 heteroatoms. The minimum atomic E-state index is -0.722. The van der Waals surface area contributed by atoms with E-state index in [1.165, 1.54) is 6.92 Å². The quantitative estimate of drug-likeness (QED) is 0.619. The zero-order valence-electron chi connectivity index (χ0n) is 11.8. The van der Waals surface area contributed by atoms with Crippen LogP contribution in [0.3, 0.4) is 0 Å². The van der Waals surface area contributed by atoms with Crippen molar-refractivity contribution >= 4 is 22.5 Å². The molecule has 0 aromatic heterocycles. The summed E-state index contributed by atoms with van der Waals surface area (Å²) in [7, 11) is 0. The molecule has 20 heavy (non-hydrogen) atoms. The van der Waals surface area contributed by atoms with Crippen LogP contribution in [0.4, 0.5) is 0 Å². The Hall–Kier alpha value is -2.16. The summed E-state index contributed by atoms with van der Waals surface area (Å²) in [6, 6.07) is 13.9. The Morgan fingerprint density at radius 3 is 2.50 bits per heavy atom. The monoisotopic (exact) mass is 270 g/mol. The number of ether oxygens (including phenoxy) is 1. The van der Waals surface area contributed by atoms with Crippen LogP contribution in [0.2, 0.25) is 0 Å². The lowest BCUT2D eigenvalue weighted by molar-refractivity contribution is -0.151. The highest BCUT2D eigenvalue weighted by Crippen LogP contribution is 2.22. The summed E-state index contributed by atoms with van der Waals surface area (Å²) in [4.78, 5) is 23.6. The van der Waals surface area contributed by atoms with Gasteiger partial charge in [-0.3, -0.25) is 9.59 Å². The van der Waals surface area contributed by atoms with Crippen molar-refractivity contribution in [1.82, 2.24) is 0 Å². The molecule has 0 aliphatic heterocycles. The number of fused-ring (bicyclic) bond motifs is 1. The first-order chi connectivity index (χ1) is 9.63. The molecule has 0 radical (unpaired) electrons. The Bertz CT molecular complexity index is 626. The molecule has 0 heterocycles. The van der Waals surface area contributed by atoms with Gasteiger partial charge in [0, 0.05) is 0 Å². The van der Waals surface area contributed by atoms with Crippen molar-refractivity contribution in [1.29, 1.82) is 0 Å². The van der Waals surface area contributed by atoms with Gasteiger partial charge in [-0.1, -0.05) is 42.5 Å². The van der Waals surface area contributed by atoms with E-state index < -0.39 is 11.9 Å². The Labute approximate surface area is 118 Å². The Kier molecular flexibility index (Phi) is 4.51. The Morgan fingerprint density at radius 1 is 1.10 bits per heavy atom. The lowest BCUT2D eigenvalue weighted by Crippen LogP contribution is -2.26. The molecular weight excluding hydrogens is 252 g/mol. The van der Waals surface area contributed by atoms with Crippen LogP contribution in [0.5, 0.6) is 0 Å². The van der Waals surface area contributed by atoms with E-state index in [-0.39, 0.29) is 12.4 Å². The van der Waals surface area contributed by atoms with Gasteiger partial charge in [0.25, 0.3) is 0 Å². The number of rotatable bonds is 5. The van der Waals surface area contributed by atoms with Crippen LogP contribution in [0.1, 0.15) is 19.4 Å². The first-order valence-corrected chi connectivity index (χ1v) is 6.77. The molecule has 2 aromatic carbocycles. The summed E-state index contributed by atoms with van der Waals surface area (Å²) in [6.45, 7) is 3.47. The Balaban J connectivity index is 2.34. The first kappa shape index (κ1) is 14.3. The van der Waals surface area contributed by atoms with E-state index in [4.69, 9.17) is 4.74 Å². The average Bonchev–Trinajstić information content (AvgIpc) is 2.44. The summed E-state index contributed by atoms with van der Waals surface area (Å²) in [5.74, 6) is -1.31. The highest BCUT2D eigenvalue weighted by Gasteiger charge is 2.25. The molecule has 0 fully saturated rings. The van der Waals surface area contributed by atoms with Crippen molar-refractivity contribution in [3.05, 3.63) is 48.0 Å². The fourth-order valence-corrected chi connectivity index (χ4v) is 2.33. The van der Waals surface area contributed by atoms with Crippen LogP contribution >= 0.6 is 0 Å². The smallest absolute Gasteiger partial charge is 0.316 e. The van der Waals surface area contributed by atoms with Gasteiger partial charge < -0.3 is 4.74 Å². The summed E-state index contributed by atoms with van der Waals surface area (Å²) in [5, 5.41) is 2.18. The highest BCUT2D eigenvalue weighted by molar-refractivity contribution is 5.98. The Morgan fingerprint density at radius 2 is 1.80 bits per heavy atom. The topological polar surface area (TPSA) is 43.4 Å². The van der Waals surface area contributed by atoms with Crippen LogP contribution in [-0.2, 0) is 20.7 Å². The van der Waals surface area contributed by atoms with E-state index in [0.29, 0.717) is 6.42 Å². The van der Waals surface area contributed by atoms with Crippen molar-refractivity contribution in [3.63, 3.8) is 0 Å². The second-order valence-corrected chi connectivity index (χ2v) is 4.76. The molecule has 0 aliphatic rings. The number of Topliss-reactive ketones (excluding diaryl/α,β-unsaturated/α-hetero) is 1. The fraction of sp³-hybridized carbons (Fsp3) is 0.294. The van der Waals surface area contributed by atoms with Gasteiger partial charge in [-0.15, -0.1) is 0 Å². The molecule has 0 aliphatic carbocycles. The highest BCUT2D eigenvalue weighted by atomic mass is 16.5. The summed E-state index contributed by atoms with van der Waals surface area (Å²) in [6.07, 6.45) is 0.384. The van der Waals surface area contributed by atoms with Crippen LogP contribution in [-0.4, -0.2) is 18.4 Å². The minimum Gasteiger partial charge on any atom is -0.465 e. The van der Waals surface area contributed by atoms with E-state index in [0.717, 1.165) is 16.3 Å². The van der Waals surface area contributed by atoms with Crippen LogP contribution < -0.4 is 0 Å². The molecule has 1 atom stereocenters. The van der Waals surface area contributed by atoms with Gasteiger partial charge >= 0.3 is 5.97 Å². The molecule has 0 bridgehead atoms. The largest absolute Gasteiger partial charge is 0.465 e. The lowest BCUT2D eigenvalue weighted by Gasteiger charge is -2.14. The zero-order valence-corrected chi connectivity index (χ0v) is 11.8. The molecule has 2 rings (SSSR count). The van der Waals surface area contributed by atoms with Crippen molar-refractivity contribution in [3.8, 4) is 0 Å². The number of hydrogen-bond acceptors (Lipinski definition) is 3. The van der Waals surface area contributed by atoms with Crippen molar-refractivity contribution in [2.24, 2.45) is 5.92 Å². The van der Waals surface area contributed by atoms with E-state index >= 15 is 0 Å². The van der Waals surface area contributed by atoms with Gasteiger partial charge in [0.2, 0.25) is 0 Å². The first-order valence-electron chi connectivity index (χ1n) is 6.77. The molecule has 2 aromatic rings. The molecule has 0 N–H and O–H groups in total. The number of benzene rings is 2. The lowest BCUT2D eigenvalue weighted by atomic mass is 9.92. The third-order valence-electron chi connectivity index (χ3n) is 3.37. The van der Waals surface area contributed by atoms with E-state index in [2.05, 4.69) is 0 Å². The number of carbonyl (C=O) groups is 2. The maximum absolute atomic E-state index is 11.9. The van der Waals surface area contributed by atoms with Crippen LogP contribution in [0, 0.1) is 5.92 Å². The molecule has 0 saturated heterocycles. The molecule has 0 spiro atoms. The minimum absolute atomic E-state index is 0.156. The average molecular weight is 270 g/mol. The molecule has 1 unspecified atom stereocenters. The zero-order chi connectivity index (χ0) is 14.5. The van der Waals surface area contributed by atoms with E-state index in [1.807, 2.05) is 42.5 Å². The number of ketones is 1. The summed E-state index contributed by atoms with van der Waals surface area (Å²) in [5.41, 5.74) is 0.997. The van der Waals surface area contributed by atoms with Gasteiger partial charge in [0.15, 0.2) is 0 Å². The predicted molar refractivity (Wildman–Crippen MR) is 78.5 cm³/mol. The second kappa shape index (κ2) is 6.33. The van der Waals surface area contributed by atoms with Gasteiger partial charge in [-0.25, -0.2) is 0 Å². The maximum atomic E-state index is 11.9. The van der Waals surface area contributed by atoms with E-state index in [1.54, 1.807) is 6.92 Å². The molecular formula is C17H18O3. The van der Waals surface area contributed by atoms with Crippen molar-refractivity contribution < 1.29 is 14.3 Å². The normalized spacial score (nSPS) is 12.1. The second-order valence-electron chi connectivity index (χ2n) is 4.76. The fourth-order valence-electron chi connectivity index (χ4n) is 2.33. The number of esters is 1. The van der Waals surface area contributed by atoms with Gasteiger partial charge in [0.1, 0.15) is 11.7 Å². The number of hydrogen-bond donors (Lipinski definition) is 0. The summed E-state index contributed by atoms with van der Waals surface area (Å²) >= 11 is 0. The molecule has 3 nitrogen and oxygen atoms in total. The van der Waals surface area contributed by atoms with Crippen molar-refractivity contribution in [2.45, 2.75) is 20.3 Å². The van der Waals surface area contributed by atoms with Gasteiger partial charge in [0.05, 0.1) is 6.61 Å².